The largest absolute Gasteiger partial charge is 0.465 e. The van der Waals surface area contributed by atoms with E-state index in [9.17, 15) is 4.79 Å². The summed E-state index contributed by atoms with van der Waals surface area (Å²) in [4.78, 5) is 15.1. The van der Waals surface area contributed by atoms with Crippen molar-refractivity contribution in [1.82, 2.24) is 10.2 Å². The van der Waals surface area contributed by atoms with Gasteiger partial charge in [-0.15, -0.1) is 0 Å². The maximum atomic E-state index is 12.7. The van der Waals surface area contributed by atoms with E-state index in [0.717, 1.165) is 19.4 Å². The summed E-state index contributed by atoms with van der Waals surface area (Å²) in [7, 11) is 2.13. The minimum Gasteiger partial charge on any atom is -0.465 e. The molecule has 2 aliphatic carbocycles. The first-order chi connectivity index (χ1) is 9.90. The molecule has 0 aromatic rings. The summed E-state index contributed by atoms with van der Waals surface area (Å²) in [6, 6.07) is 0.969. The predicted molar refractivity (Wildman–Crippen MR) is 85.2 cm³/mol. The van der Waals surface area contributed by atoms with Gasteiger partial charge in [0.2, 0.25) is 0 Å². The first kappa shape index (κ1) is 16.8. The normalized spacial score (nSPS) is 23.2. The maximum Gasteiger partial charge on any atom is 0.327 e. The molecule has 0 heterocycles. The Kier molecular flexibility index (Phi) is 5.31. The summed E-state index contributed by atoms with van der Waals surface area (Å²) in [6.07, 6.45) is 4.67. The Balaban J connectivity index is 2.14. The van der Waals surface area contributed by atoms with Crippen LogP contribution in [0.4, 0.5) is 0 Å². The van der Waals surface area contributed by atoms with Crippen molar-refractivity contribution in [3.63, 3.8) is 0 Å². The Labute approximate surface area is 129 Å². The van der Waals surface area contributed by atoms with Crippen LogP contribution < -0.4 is 5.32 Å². The minimum atomic E-state index is -0.491. The SMILES string of the molecule is CCOC(=O)C(CN(C)C(C)C(C)C)(NC1CC1)C1CC1. The number of hydrogen-bond donors (Lipinski definition) is 1. The molecule has 4 heteroatoms. The number of rotatable bonds is 9. The molecule has 122 valence electrons. The number of likely N-dealkylation sites (N-methyl/N-ethyl adjacent to an activating group) is 1. The molecule has 2 rings (SSSR count). The zero-order chi connectivity index (χ0) is 15.6. The van der Waals surface area contributed by atoms with Crippen molar-refractivity contribution < 1.29 is 9.53 Å². The van der Waals surface area contributed by atoms with E-state index in [4.69, 9.17) is 4.74 Å². The van der Waals surface area contributed by atoms with E-state index in [1.165, 1.54) is 12.8 Å². The highest BCUT2D eigenvalue weighted by Gasteiger charge is 2.54. The van der Waals surface area contributed by atoms with Gasteiger partial charge in [0.25, 0.3) is 0 Å². The van der Waals surface area contributed by atoms with Crippen molar-refractivity contribution in [1.29, 1.82) is 0 Å². The van der Waals surface area contributed by atoms with Gasteiger partial charge in [-0.2, -0.15) is 0 Å². The summed E-state index contributed by atoms with van der Waals surface area (Å²) in [5.74, 6) is 0.983. The van der Waals surface area contributed by atoms with Gasteiger partial charge in [-0.05, 0) is 58.4 Å². The Bertz CT molecular complexity index is 364. The summed E-state index contributed by atoms with van der Waals surface area (Å²) < 4.78 is 5.45. The van der Waals surface area contributed by atoms with Gasteiger partial charge in [-0.1, -0.05) is 13.8 Å². The molecular weight excluding hydrogens is 264 g/mol. The molecule has 0 aromatic heterocycles. The van der Waals surface area contributed by atoms with Crippen molar-refractivity contribution in [2.45, 2.75) is 71.0 Å². The van der Waals surface area contributed by atoms with E-state index < -0.39 is 5.54 Å². The summed E-state index contributed by atoms with van der Waals surface area (Å²) in [5.41, 5.74) is -0.491. The third kappa shape index (κ3) is 3.98. The van der Waals surface area contributed by atoms with Crippen LogP contribution in [0.5, 0.6) is 0 Å². The summed E-state index contributed by atoms with van der Waals surface area (Å²) >= 11 is 0. The van der Waals surface area contributed by atoms with Crippen molar-refractivity contribution in [3.8, 4) is 0 Å². The number of carbonyl (C=O) groups is 1. The highest BCUT2D eigenvalue weighted by molar-refractivity contribution is 5.82. The van der Waals surface area contributed by atoms with Crippen LogP contribution in [-0.2, 0) is 9.53 Å². The van der Waals surface area contributed by atoms with Gasteiger partial charge in [0.05, 0.1) is 6.61 Å². The first-order valence-electron chi connectivity index (χ1n) is 8.55. The lowest BCUT2D eigenvalue weighted by atomic mass is 9.90. The molecule has 0 radical (unpaired) electrons. The maximum absolute atomic E-state index is 12.7. The highest BCUT2D eigenvalue weighted by atomic mass is 16.5. The van der Waals surface area contributed by atoms with Gasteiger partial charge in [0.15, 0.2) is 0 Å². The van der Waals surface area contributed by atoms with Crippen LogP contribution in [0.1, 0.15) is 53.4 Å². The molecule has 0 aliphatic heterocycles. The number of carbonyl (C=O) groups excluding carboxylic acids is 1. The van der Waals surface area contributed by atoms with Gasteiger partial charge < -0.3 is 9.64 Å². The standard InChI is InChI=1S/C17H32N2O2/c1-6-21-16(20)17(14-7-8-14,18-15-9-10-15)11-19(5)13(4)12(2)3/h12-15,18H,6-11H2,1-5H3. The average molecular weight is 296 g/mol. The van der Waals surface area contributed by atoms with E-state index in [1.54, 1.807) is 0 Å². The molecule has 1 N–H and O–H groups in total. The van der Waals surface area contributed by atoms with Crippen LogP contribution >= 0.6 is 0 Å². The molecule has 0 saturated heterocycles. The zero-order valence-electron chi connectivity index (χ0n) is 14.3. The third-order valence-corrected chi connectivity index (χ3v) is 5.11. The number of esters is 1. The Morgan fingerprint density at radius 3 is 2.33 bits per heavy atom. The fraction of sp³-hybridized carbons (Fsp3) is 0.941. The van der Waals surface area contributed by atoms with Crippen LogP contribution in [0.2, 0.25) is 0 Å². The van der Waals surface area contributed by atoms with Crippen LogP contribution in [0.15, 0.2) is 0 Å². The second-order valence-corrected chi connectivity index (χ2v) is 7.28. The molecule has 0 amide bonds. The highest BCUT2D eigenvalue weighted by Crippen LogP contribution is 2.43. The molecule has 2 aliphatic rings. The van der Waals surface area contributed by atoms with Gasteiger partial charge in [0.1, 0.15) is 5.54 Å². The lowest BCUT2D eigenvalue weighted by Gasteiger charge is -2.39. The molecule has 0 spiro atoms. The van der Waals surface area contributed by atoms with Gasteiger partial charge in [0, 0.05) is 18.6 Å². The van der Waals surface area contributed by atoms with E-state index in [0.29, 0.717) is 30.5 Å². The average Bonchev–Trinajstić information content (AvgIpc) is 3.28. The van der Waals surface area contributed by atoms with E-state index >= 15 is 0 Å². The summed E-state index contributed by atoms with van der Waals surface area (Å²) in [6.45, 7) is 9.82. The Morgan fingerprint density at radius 2 is 1.90 bits per heavy atom. The molecule has 0 aromatic carbocycles. The lowest BCUT2D eigenvalue weighted by Crippen LogP contribution is -2.62. The van der Waals surface area contributed by atoms with Crippen molar-refractivity contribution >= 4 is 5.97 Å². The predicted octanol–water partition coefficient (Wildman–Crippen LogP) is 2.43. The van der Waals surface area contributed by atoms with Crippen molar-refractivity contribution in [2.75, 3.05) is 20.2 Å². The van der Waals surface area contributed by atoms with Crippen LogP contribution in [0.3, 0.4) is 0 Å². The minimum absolute atomic E-state index is 0.0396. The second-order valence-electron chi connectivity index (χ2n) is 7.28. The molecule has 2 atom stereocenters. The Morgan fingerprint density at radius 1 is 1.29 bits per heavy atom. The van der Waals surface area contributed by atoms with Crippen molar-refractivity contribution in [3.05, 3.63) is 0 Å². The monoisotopic (exact) mass is 296 g/mol. The van der Waals surface area contributed by atoms with Crippen LogP contribution in [0, 0.1) is 11.8 Å². The molecule has 2 fully saturated rings. The third-order valence-electron chi connectivity index (χ3n) is 5.11. The van der Waals surface area contributed by atoms with Crippen molar-refractivity contribution in [2.24, 2.45) is 11.8 Å². The summed E-state index contributed by atoms with van der Waals surface area (Å²) in [5, 5.41) is 3.66. The van der Waals surface area contributed by atoms with E-state index in [2.05, 4.69) is 38.0 Å². The Hall–Kier alpha value is -0.610. The number of ether oxygens (including phenoxy) is 1. The molecule has 4 nitrogen and oxygen atoms in total. The number of nitrogens with one attached hydrogen (secondary N) is 1. The lowest BCUT2D eigenvalue weighted by molar-refractivity contribution is -0.153. The molecule has 21 heavy (non-hydrogen) atoms. The van der Waals surface area contributed by atoms with Crippen LogP contribution in [-0.4, -0.2) is 48.7 Å². The van der Waals surface area contributed by atoms with Gasteiger partial charge in [-0.3, -0.25) is 5.32 Å². The zero-order valence-corrected chi connectivity index (χ0v) is 14.3. The molecule has 2 saturated carbocycles. The quantitative estimate of drug-likeness (QED) is 0.664. The van der Waals surface area contributed by atoms with E-state index in [-0.39, 0.29) is 5.97 Å². The fourth-order valence-electron chi connectivity index (χ4n) is 3.06. The second kappa shape index (κ2) is 6.66. The first-order valence-corrected chi connectivity index (χ1v) is 8.55. The molecule has 0 bridgehead atoms. The van der Waals surface area contributed by atoms with Gasteiger partial charge in [-0.25, -0.2) is 4.79 Å². The van der Waals surface area contributed by atoms with Crippen LogP contribution in [0.25, 0.3) is 0 Å². The smallest absolute Gasteiger partial charge is 0.327 e. The molecule has 2 unspecified atom stereocenters. The number of hydrogen-bond acceptors (Lipinski definition) is 4. The number of nitrogens with zero attached hydrogens (tertiary/aromatic N) is 1. The fourth-order valence-corrected chi connectivity index (χ4v) is 3.06. The topological polar surface area (TPSA) is 41.6 Å². The van der Waals surface area contributed by atoms with E-state index in [1.807, 2.05) is 6.92 Å². The molecular formula is C17H32N2O2. The van der Waals surface area contributed by atoms with Gasteiger partial charge >= 0.3 is 5.97 Å².